The van der Waals surface area contributed by atoms with Crippen LogP contribution in [0.5, 0.6) is 5.75 Å². The molecule has 3 aromatic rings. The first-order valence-electron chi connectivity index (χ1n) is 7.11. The monoisotopic (exact) mass is 280 g/mol. The van der Waals surface area contributed by atoms with Gasteiger partial charge in [-0.15, -0.1) is 0 Å². The molecular weight excluding hydrogens is 260 g/mol. The molecule has 0 saturated heterocycles. The predicted octanol–water partition coefficient (Wildman–Crippen LogP) is 4.31. The van der Waals surface area contributed by atoms with Gasteiger partial charge in [0.1, 0.15) is 11.4 Å². The Morgan fingerprint density at radius 3 is 2.57 bits per heavy atom. The van der Waals surface area contributed by atoms with E-state index >= 15 is 0 Å². The summed E-state index contributed by atoms with van der Waals surface area (Å²) in [5.74, 6) is 0.853. The Hall–Kier alpha value is -2.29. The summed E-state index contributed by atoms with van der Waals surface area (Å²) in [5.41, 5.74) is 4.28. The molecule has 2 heterocycles. The average Bonchev–Trinajstić information content (AvgIpc) is 2.89. The Morgan fingerprint density at radius 1 is 1.10 bits per heavy atom. The molecule has 0 radical (unpaired) electrons. The first-order valence-corrected chi connectivity index (χ1v) is 7.11. The number of hydrogen-bond donors (Lipinski definition) is 0. The number of hydrogen-bond acceptors (Lipinski definition) is 2. The van der Waals surface area contributed by atoms with Gasteiger partial charge in [-0.2, -0.15) is 0 Å². The first kappa shape index (κ1) is 13.7. The van der Waals surface area contributed by atoms with Crippen molar-refractivity contribution in [1.82, 2.24) is 9.38 Å². The molecule has 0 bridgehead atoms. The summed E-state index contributed by atoms with van der Waals surface area (Å²) in [6.45, 7) is 6.63. The molecular formula is C18H20N2O. The summed E-state index contributed by atoms with van der Waals surface area (Å²) < 4.78 is 7.54. The van der Waals surface area contributed by atoms with Gasteiger partial charge in [0.15, 0.2) is 0 Å². The molecule has 0 aliphatic rings. The summed E-state index contributed by atoms with van der Waals surface area (Å²) in [7, 11) is 1.70. The first-order chi connectivity index (χ1) is 9.99. The van der Waals surface area contributed by atoms with E-state index in [1.54, 1.807) is 7.11 Å². The topological polar surface area (TPSA) is 26.5 Å². The quantitative estimate of drug-likeness (QED) is 0.699. The lowest BCUT2D eigenvalue weighted by molar-refractivity contribution is 0.415. The second-order valence-corrected chi connectivity index (χ2v) is 6.26. The Kier molecular flexibility index (Phi) is 3.20. The Morgan fingerprint density at radius 2 is 1.90 bits per heavy atom. The van der Waals surface area contributed by atoms with Gasteiger partial charge in [0.2, 0.25) is 0 Å². The minimum atomic E-state index is 0.0974. The standard InChI is InChI=1S/C18H20N2O/c1-18(2,3)13-8-9-16(21-4)14(11-13)15-12-20-10-6-5-7-17(20)19-15/h5-12H,1-4H3. The molecule has 2 aromatic heterocycles. The van der Waals surface area contributed by atoms with E-state index in [1.807, 2.05) is 41.1 Å². The van der Waals surface area contributed by atoms with Crippen LogP contribution in [-0.4, -0.2) is 16.5 Å². The van der Waals surface area contributed by atoms with Crippen LogP contribution in [0.3, 0.4) is 0 Å². The third-order valence-corrected chi connectivity index (χ3v) is 3.71. The van der Waals surface area contributed by atoms with Gasteiger partial charge in [-0.05, 0) is 35.2 Å². The van der Waals surface area contributed by atoms with Gasteiger partial charge in [-0.3, -0.25) is 0 Å². The molecule has 0 amide bonds. The van der Waals surface area contributed by atoms with Crippen molar-refractivity contribution in [3.8, 4) is 17.0 Å². The van der Waals surface area contributed by atoms with Gasteiger partial charge in [-0.1, -0.05) is 32.9 Å². The zero-order valence-corrected chi connectivity index (χ0v) is 12.9. The van der Waals surface area contributed by atoms with Crippen molar-refractivity contribution in [2.75, 3.05) is 7.11 Å². The smallest absolute Gasteiger partial charge is 0.137 e. The van der Waals surface area contributed by atoms with Gasteiger partial charge in [0, 0.05) is 18.0 Å². The van der Waals surface area contributed by atoms with Crippen LogP contribution < -0.4 is 4.74 Å². The van der Waals surface area contributed by atoms with E-state index in [0.717, 1.165) is 22.7 Å². The number of ether oxygens (including phenoxy) is 1. The second kappa shape index (κ2) is 4.92. The lowest BCUT2D eigenvalue weighted by Crippen LogP contribution is -2.11. The van der Waals surface area contributed by atoms with Crippen molar-refractivity contribution in [1.29, 1.82) is 0 Å². The fourth-order valence-electron chi connectivity index (χ4n) is 2.44. The lowest BCUT2D eigenvalue weighted by atomic mass is 9.86. The minimum Gasteiger partial charge on any atom is -0.496 e. The molecule has 108 valence electrons. The molecule has 3 rings (SSSR count). The van der Waals surface area contributed by atoms with Crippen LogP contribution >= 0.6 is 0 Å². The Balaban J connectivity index is 2.19. The van der Waals surface area contributed by atoms with E-state index in [2.05, 4.69) is 32.9 Å². The molecule has 0 unspecified atom stereocenters. The fourth-order valence-corrected chi connectivity index (χ4v) is 2.44. The average molecular weight is 280 g/mol. The van der Waals surface area contributed by atoms with Gasteiger partial charge in [0.05, 0.1) is 12.8 Å². The Labute approximate surface area is 125 Å². The van der Waals surface area contributed by atoms with Crippen LogP contribution in [0.15, 0.2) is 48.8 Å². The molecule has 3 nitrogen and oxygen atoms in total. The van der Waals surface area contributed by atoms with Crippen molar-refractivity contribution in [2.45, 2.75) is 26.2 Å². The maximum atomic E-state index is 5.51. The van der Waals surface area contributed by atoms with Crippen LogP contribution in [-0.2, 0) is 5.41 Å². The van der Waals surface area contributed by atoms with E-state index in [-0.39, 0.29) is 5.41 Å². The van der Waals surface area contributed by atoms with Crippen molar-refractivity contribution in [2.24, 2.45) is 0 Å². The van der Waals surface area contributed by atoms with Gasteiger partial charge >= 0.3 is 0 Å². The van der Waals surface area contributed by atoms with Crippen LogP contribution in [0.1, 0.15) is 26.3 Å². The van der Waals surface area contributed by atoms with Crippen molar-refractivity contribution in [3.05, 3.63) is 54.4 Å². The molecule has 21 heavy (non-hydrogen) atoms. The molecule has 0 atom stereocenters. The number of methoxy groups -OCH3 is 1. The van der Waals surface area contributed by atoms with Gasteiger partial charge in [0.25, 0.3) is 0 Å². The summed E-state index contributed by atoms with van der Waals surface area (Å²) in [6, 6.07) is 12.3. The molecule has 0 spiro atoms. The van der Waals surface area contributed by atoms with Crippen LogP contribution in [0.25, 0.3) is 16.9 Å². The highest BCUT2D eigenvalue weighted by atomic mass is 16.5. The molecule has 0 aliphatic heterocycles. The highest BCUT2D eigenvalue weighted by Gasteiger charge is 2.17. The van der Waals surface area contributed by atoms with E-state index in [0.29, 0.717) is 0 Å². The van der Waals surface area contributed by atoms with E-state index < -0.39 is 0 Å². The summed E-state index contributed by atoms with van der Waals surface area (Å²) >= 11 is 0. The van der Waals surface area contributed by atoms with Crippen molar-refractivity contribution < 1.29 is 4.74 Å². The minimum absolute atomic E-state index is 0.0974. The number of nitrogens with zero attached hydrogens (tertiary/aromatic N) is 2. The molecule has 0 saturated carbocycles. The highest BCUT2D eigenvalue weighted by Crippen LogP contribution is 2.34. The largest absolute Gasteiger partial charge is 0.496 e. The van der Waals surface area contributed by atoms with Crippen LogP contribution in [0.2, 0.25) is 0 Å². The zero-order valence-electron chi connectivity index (χ0n) is 12.9. The number of rotatable bonds is 2. The molecule has 3 heteroatoms. The predicted molar refractivity (Wildman–Crippen MR) is 85.9 cm³/mol. The number of imidazole rings is 1. The number of aromatic nitrogens is 2. The second-order valence-electron chi connectivity index (χ2n) is 6.26. The van der Waals surface area contributed by atoms with Crippen LogP contribution in [0.4, 0.5) is 0 Å². The molecule has 0 fully saturated rings. The lowest BCUT2D eigenvalue weighted by Gasteiger charge is -2.20. The van der Waals surface area contributed by atoms with Gasteiger partial charge in [-0.25, -0.2) is 4.98 Å². The maximum absolute atomic E-state index is 5.51. The number of benzene rings is 1. The number of fused-ring (bicyclic) bond motifs is 1. The number of pyridine rings is 1. The summed E-state index contributed by atoms with van der Waals surface area (Å²) in [6.07, 6.45) is 4.05. The van der Waals surface area contributed by atoms with Crippen molar-refractivity contribution >= 4 is 5.65 Å². The van der Waals surface area contributed by atoms with E-state index in [4.69, 9.17) is 9.72 Å². The van der Waals surface area contributed by atoms with E-state index in [9.17, 15) is 0 Å². The fraction of sp³-hybridized carbons (Fsp3) is 0.278. The Bertz CT molecular complexity index is 748. The van der Waals surface area contributed by atoms with Crippen molar-refractivity contribution in [3.63, 3.8) is 0 Å². The third-order valence-electron chi connectivity index (χ3n) is 3.71. The van der Waals surface area contributed by atoms with Gasteiger partial charge < -0.3 is 9.14 Å². The zero-order chi connectivity index (χ0) is 15.0. The molecule has 0 aliphatic carbocycles. The van der Waals surface area contributed by atoms with Crippen LogP contribution in [0, 0.1) is 0 Å². The molecule has 0 N–H and O–H groups in total. The molecule has 1 aromatic carbocycles. The highest BCUT2D eigenvalue weighted by molar-refractivity contribution is 5.70. The summed E-state index contributed by atoms with van der Waals surface area (Å²) in [4.78, 5) is 4.70. The van der Waals surface area contributed by atoms with E-state index in [1.165, 1.54) is 5.56 Å². The SMILES string of the molecule is COc1ccc(C(C)(C)C)cc1-c1cn2ccccc2n1. The summed E-state index contributed by atoms with van der Waals surface area (Å²) in [5, 5.41) is 0. The normalized spacial score (nSPS) is 11.8. The third kappa shape index (κ3) is 2.51. The maximum Gasteiger partial charge on any atom is 0.137 e.